The molecular weight excluding hydrogens is 283 g/mol. The first kappa shape index (κ1) is 15.2. The summed E-state index contributed by atoms with van der Waals surface area (Å²) in [6, 6.07) is 7.47. The van der Waals surface area contributed by atoms with Gasteiger partial charge in [-0.15, -0.1) is 0 Å². The van der Waals surface area contributed by atoms with Crippen molar-refractivity contribution in [1.82, 2.24) is 5.32 Å². The van der Waals surface area contributed by atoms with Gasteiger partial charge in [-0.1, -0.05) is 0 Å². The van der Waals surface area contributed by atoms with E-state index in [1.165, 1.54) is 0 Å². The van der Waals surface area contributed by atoms with Gasteiger partial charge in [0.15, 0.2) is 0 Å². The standard InChI is InChI=1S/C15H14F3NO2/c1-10(9-13-3-2-8-21-13)19-14(20)11-4-6-12(7-5-11)15(16,17)18/h2-8,10H,9H2,1H3,(H,19,20)/t10-/m0/s1. The largest absolute Gasteiger partial charge is 0.469 e. The second-order valence-corrected chi connectivity index (χ2v) is 4.73. The molecular formula is C15H14F3NO2. The number of halogens is 3. The van der Waals surface area contributed by atoms with E-state index < -0.39 is 17.6 Å². The Morgan fingerprint density at radius 3 is 2.43 bits per heavy atom. The lowest BCUT2D eigenvalue weighted by Crippen LogP contribution is -2.34. The van der Waals surface area contributed by atoms with Crippen LogP contribution in [0.5, 0.6) is 0 Å². The topological polar surface area (TPSA) is 42.2 Å². The Labute approximate surface area is 119 Å². The quantitative estimate of drug-likeness (QED) is 0.935. The van der Waals surface area contributed by atoms with Crippen LogP contribution >= 0.6 is 0 Å². The van der Waals surface area contributed by atoms with Crippen molar-refractivity contribution in [2.45, 2.75) is 25.6 Å². The molecule has 0 spiro atoms. The molecule has 1 aromatic carbocycles. The number of carbonyl (C=O) groups excluding carboxylic acids is 1. The molecule has 0 unspecified atom stereocenters. The predicted molar refractivity (Wildman–Crippen MR) is 70.8 cm³/mol. The number of carbonyl (C=O) groups is 1. The summed E-state index contributed by atoms with van der Waals surface area (Å²) in [5.41, 5.74) is -0.586. The number of amides is 1. The van der Waals surface area contributed by atoms with Crippen molar-refractivity contribution in [2.75, 3.05) is 0 Å². The summed E-state index contributed by atoms with van der Waals surface area (Å²) in [6.45, 7) is 1.80. The molecule has 2 aromatic rings. The minimum atomic E-state index is -4.40. The van der Waals surface area contributed by atoms with E-state index in [0.717, 1.165) is 30.0 Å². The number of alkyl halides is 3. The second kappa shape index (κ2) is 6.03. The van der Waals surface area contributed by atoms with E-state index in [0.29, 0.717) is 6.42 Å². The molecule has 1 aromatic heterocycles. The van der Waals surface area contributed by atoms with Crippen LogP contribution < -0.4 is 5.32 Å². The van der Waals surface area contributed by atoms with Crippen LogP contribution in [0.25, 0.3) is 0 Å². The third-order valence-corrected chi connectivity index (χ3v) is 2.94. The van der Waals surface area contributed by atoms with Crippen LogP contribution in [-0.2, 0) is 12.6 Å². The highest BCUT2D eigenvalue weighted by atomic mass is 19.4. The second-order valence-electron chi connectivity index (χ2n) is 4.73. The van der Waals surface area contributed by atoms with E-state index in [-0.39, 0.29) is 11.6 Å². The Morgan fingerprint density at radius 2 is 1.90 bits per heavy atom. The molecule has 0 radical (unpaired) electrons. The Balaban J connectivity index is 1.97. The summed E-state index contributed by atoms with van der Waals surface area (Å²) in [4.78, 5) is 11.9. The van der Waals surface area contributed by atoms with Gasteiger partial charge in [0.2, 0.25) is 0 Å². The molecule has 1 N–H and O–H groups in total. The van der Waals surface area contributed by atoms with Crippen molar-refractivity contribution in [2.24, 2.45) is 0 Å². The first-order chi connectivity index (χ1) is 9.86. The van der Waals surface area contributed by atoms with E-state index in [1.54, 1.807) is 25.3 Å². The summed E-state index contributed by atoms with van der Waals surface area (Å²) in [6.07, 6.45) is -2.35. The third kappa shape index (κ3) is 4.11. The van der Waals surface area contributed by atoms with Crippen molar-refractivity contribution in [3.05, 3.63) is 59.5 Å². The lowest BCUT2D eigenvalue weighted by atomic mass is 10.1. The first-order valence-electron chi connectivity index (χ1n) is 6.37. The van der Waals surface area contributed by atoms with E-state index in [1.807, 2.05) is 0 Å². The molecule has 6 heteroatoms. The summed E-state index contributed by atoms with van der Waals surface area (Å²) in [7, 11) is 0. The molecule has 0 aliphatic heterocycles. The number of hydrogen-bond donors (Lipinski definition) is 1. The van der Waals surface area contributed by atoms with Gasteiger partial charge in [0.1, 0.15) is 5.76 Å². The fourth-order valence-electron chi connectivity index (χ4n) is 1.90. The van der Waals surface area contributed by atoms with Crippen LogP contribution in [0.4, 0.5) is 13.2 Å². The van der Waals surface area contributed by atoms with Gasteiger partial charge in [-0.3, -0.25) is 4.79 Å². The summed E-state index contributed by atoms with van der Waals surface area (Å²) < 4.78 is 42.5. The first-order valence-corrected chi connectivity index (χ1v) is 6.37. The van der Waals surface area contributed by atoms with Gasteiger partial charge in [-0.2, -0.15) is 13.2 Å². The molecule has 1 atom stereocenters. The Bertz CT molecular complexity index is 588. The van der Waals surface area contributed by atoms with Crippen LogP contribution in [0, 0.1) is 0 Å². The van der Waals surface area contributed by atoms with Crippen molar-refractivity contribution in [3.8, 4) is 0 Å². The maximum absolute atomic E-state index is 12.4. The van der Waals surface area contributed by atoms with Crippen molar-refractivity contribution in [1.29, 1.82) is 0 Å². The Morgan fingerprint density at radius 1 is 1.24 bits per heavy atom. The highest BCUT2D eigenvalue weighted by Gasteiger charge is 2.30. The van der Waals surface area contributed by atoms with Crippen LogP contribution in [0.2, 0.25) is 0 Å². The average Bonchev–Trinajstić information content (AvgIpc) is 2.90. The van der Waals surface area contributed by atoms with Gasteiger partial charge < -0.3 is 9.73 Å². The summed E-state index contributed by atoms with van der Waals surface area (Å²) in [5, 5.41) is 2.71. The minimum absolute atomic E-state index is 0.189. The number of furan rings is 1. The number of rotatable bonds is 4. The lowest BCUT2D eigenvalue weighted by molar-refractivity contribution is -0.137. The van der Waals surface area contributed by atoms with Crippen LogP contribution in [0.1, 0.15) is 28.6 Å². The smallest absolute Gasteiger partial charge is 0.416 e. The zero-order valence-corrected chi connectivity index (χ0v) is 11.3. The van der Waals surface area contributed by atoms with Crippen molar-refractivity contribution >= 4 is 5.91 Å². The SMILES string of the molecule is C[C@@H](Cc1ccco1)NC(=O)c1ccc(C(F)(F)F)cc1. The normalized spacial score (nSPS) is 13.0. The van der Waals surface area contributed by atoms with Gasteiger partial charge in [0, 0.05) is 18.0 Å². The highest BCUT2D eigenvalue weighted by molar-refractivity contribution is 5.94. The van der Waals surface area contributed by atoms with E-state index in [2.05, 4.69) is 5.32 Å². The molecule has 3 nitrogen and oxygen atoms in total. The fraction of sp³-hybridized carbons (Fsp3) is 0.267. The molecule has 0 aliphatic carbocycles. The maximum atomic E-state index is 12.4. The number of hydrogen-bond acceptors (Lipinski definition) is 2. The van der Waals surface area contributed by atoms with E-state index in [4.69, 9.17) is 4.42 Å². The van der Waals surface area contributed by atoms with Gasteiger partial charge in [0.05, 0.1) is 11.8 Å². The van der Waals surface area contributed by atoms with Gasteiger partial charge in [0.25, 0.3) is 5.91 Å². The number of nitrogens with one attached hydrogen (secondary N) is 1. The minimum Gasteiger partial charge on any atom is -0.469 e. The molecule has 0 aliphatic rings. The summed E-state index contributed by atoms with van der Waals surface area (Å²) in [5.74, 6) is 0.318. The zero-order chi connectivity index (χ0) is 15.5. The number of benzene rings is 1. The summed E-state index contributed by atoms with van der Waals surface area (Å²) >= 11 is 0. The van der Waals surface area contributed by atoms with Crippen LogP contribution in [0.3, 0.4) is 0 Å². The van der Waals surface area contributed by atoms with Crippen LogP contribution in [-0.4, -0.2) is 11.9 Å². The maximum Gasteiger partial charge on any atom is 0.416 e. The molecule has 21 heavy (non-hydrogen) atoms. The molecule has 1 heterocycles. The Hall–Kier alpha value is -2.24. The third-order valence-electron chi connectivity index (χ3n) is 2.94. The van der Waals surface area contributed by atoms with Gasteiger partial charge in [-0.25, -0.2) is 0 Å². The molecule has 112 valence electrons. The predicted octanol–water partition coefficient (Wildman–Crippen LogP) is 3.66. The van der Waals surface area contributed by atoms with E-state index in [9.17, 15) is 18.0 Å². The lowest BCUT2D eigenvalue weighted by Gasteiger charge is -2.13. The van der Waals surface area contributed by atoms with E-state index >= 15 is 0 Å². The molecule has 0 bridgehead atoms. The average molecular weight is 297 g/mol. The Kier molecular flexibility index (Phi) is 4.35. The fourth-order valence-corrected chi connectivity index (χ4v) is 1.90. The molecule has 0 saturated carbocycles. The monoisotopic (exact) mass is 297 g/mol. The molecule has 0 saturated heterocycles. The van der Waals surface area contributed by atoms with Gasteiger partial charge in [-0.05, 0) is 43.3 Å². The van der Waals surface area contributed by atoms with Gasteiger partial charge >= 0.3 is 6.18 Å². The highest BCUT2D eigenvalue weighted by Crippen LogP contribution is 2.29. The zero-order valence-electron chi connectivity index (χ0n) is 11.3. The molecule has 2 rings (SSSR count). The van der Waals surface area contributed by atoms with Crippen molar-refractivity contribution in [3.63, 3.8) is 0 Å². The molecule has 1 amide bonds. The molecule has 0 fully saturated rings. The van der Waals surface area contributed by atoms with Crippen molar-refractivity contribution < 1.29 is 22.4 Å². The van der Waals surface area contributed by atoms with Crippen LogP contribution in [0.15, 0.2) is 47.1 Å².